The fourth-order valence-electron chi connectivity index (χ4n) is 2.65. The fraction of sp³-hybridized carbons (Fsp3) is 0.222. The van der Waals surface area contributed by atoms with Crippen molar-refractivity contribution in [2.75, 3.05) is 25.1 Å². The van der Waals surface area contributed by atoms with Crippen molar-refractivity contribution in [2.45, 2.75) is 6.92 Å². The van der Waals surface area contributed by atoms with Gasteiger partial charge in [-0.15, -0.1) is 11.3 Å². The van der Waals surface area contributed by atoms with Crippen molar-refractivity contribution < 1.29 is 15.0 Å². The van der Waals surface area contributed by atoms with Crippen molar-refractivity contribution in [3.63, 3.8) is 0 Å². The van der Waals surface area contributed by atoms with E-state index < -0.39 is 5.97 Å². The number of nitrogens with zero attached hydrogens (tertiary/aromatic N) is 4. The lowest BCUT2D eigenvalue weighted by molar-refractivity contribution is 0.0697. The van der Waals surface area contributed by atoms with E-state index in [-0.39, 0.29) is 12.2 Å². The highest BCUT2D eigenvalue weighted by molar-refractivity contribution is 7.19. The minimum absolute atomic E-state index is 0.0288. The zero-order valence-corrected chi connectivity index (χ0v) is 15.0. The Kier molecular flexibility index (Phi) is 4.84. The van der Waals surface area contributed by atoms with Gasteiger partial charge in [-0.05, 0) is 24.6 Å². The van der Waals surface area contributed by atoms with E-state index in [1.807, 2.05) is 18.9 Å². The molecule has 0 amide bonds. The maximum absolute atomic E-state index is 11.0. The average Bonchev–Trinajstić information content (AvgIpc) is 2.97. The monoisotopic (exact) mass is 368 g/mol. The van der Waals surface area contributed by atoms with Crippen LogP contribution >= 0.6 is 11.3 Å². The van der Waals surface area contributed by atoms with Crippen molar-refractivity contribution in [3.8, 4) is 17.5 Å². The molecule has 2 N–H and O–H groups in total. The quantitative estimate of drug-likeness (QED) is 0.712. The summed E-state index contributed by atoms with van der Waals surface area (Å²) in [4.78, 5) is 23.3. The Labute approximate surface area is 153 Å². The van der Waals surface area contributed by atoms with Gasteiger partial charge in [0, 0.05) is 19.2 Å². The van der Waals surface area contributed by atoms with Crippen LogP contribution in [-0.2, 0) is 0 Å². The molecule has 0 aliphatic heterocycles. The lowest BCUT2D eigenvalue weighted by Crippen LogP contribution is -2.23. The molecule has 0 unspecified atom stereocenters. The molecule has 0 aliphatic rings. The molecule has 0 atom stereocenters. The van der Waals surface area contributed by atoms with Crippen LogP contribution in [0, 0.1) is 18.3 Å². The summed E-state index contributed by atoms with van der Waals surface area (Å²) in [5.74, 6) is 0.0837. The number of hydrogen-bond acceptors (Lipinski definition) is 7. The van der Waals surface area contributed by atoms with Crippen LogP contribution < -0.4 is 4.90 Å². The average molecular weight is 368 g/mol. The van der Waals surface area contributed by atoms with Crippen LogP contribution in [0.5, 0.6) is 0 Å². The molecule has 2 aromatic heterocycles. The standard InChI is InChI=1S/C18H16N4O3S/c1-10-13(9-19)26-17-14(10)16(22(2)7-8-23)20-15(21-17)11-3-5-12(6-4-11)18(24)25/h3-6,23H,7-8H2,1-2H3,(H,24,25). The molecule has 0 bridgehead atoms. The minimum Gasteiger partial charge on any atom is -0.478 e. The van der Waals surface area contributed by atoms with Gasteiger partial charge in [-0.2, -0.15) is 5.26 Å². The van der Waals surface area contributed by atoms with Crippen LogP contribution in [0.25, 0.3) is 21.6 Å². The van der Waals surface area contributed by atoms with E-state index in [1.165, 1.54) is 23.5 Å². The van der Waals surface area contributed by atoms with Gasteiger partial charge in [0.15, 0.2) is 5.82 Å². The normalized spacial score (nSPS) is 10.7. The first-order valence-corrected chi connectivity index (χ1v) is 8.65. The highest BCUT2D eigenvalue weighted by atomic mass is 32.1. The van der Waals surface area contributed by atoms with E-state index in [1.54, 1.807) is 12.1 Å². The molecule has 2 heterocycles. The van der Waals surface area contributed by atoms with E-state index in [9.17, 15) is 15.2 Å². The van der Waals surface area contributed by atoms with Gasteiger partial charge in [0.1, 0.15) is 21.6 Å². The highest BCUT2D eigenvalue weighted by Gasteiger charge is 2.19. The first-order valence-electron chi connectivity index (χ1n) is 7.83. The number of aliphatic hydroxyl groups is 1. The molecule has 0 spiro atoms. The number of carboxylic acids is 1. The molecule has 1 aromatic carbocycles. The summed E-state index contributed by atoms with van der Waals surface area (Å²) in [6, 6.07) is 8.50. The summed E-state index contributed by atoms with van der Waals surface area (Å²) in [6.07, 6.45) is 0. The fourth-order valence-corrected chi connectivity index (χ4v) is 3.62. The number of benzene rings is 1. The van der Waals surface area contributed by atoms with Crippen molar-refractivity contribution in [1.29, 1.82) is 5.26 Å². The molecule has 132 valence electrons. The van der Waals surface area contributed by atoms with Crippen LogP contribution in [0.3, 0.4) is 0 Å². The van der Waals surface area contributed by atoms with E-state index in [0.717, 1.165) is 10.9 Å². The van der Waals surface area contributed by atoms with Gasteiger partial charge < -0.3 is 15.1 Å². The van der Waals surface area contributed by atoms with Gasteiger partial charge in [-0.1, -0.05) is 12.1 Å². The summed E-state index contributed by atoms with van der Waals surface area (Å²) in [5, 5.41) is 28.4. The Morgan fingerprint density at radius 1 is 1.31 bits per heavy atom. The third-order valence-corrected chi connectivity index (χ3v) is 5.15. The maximum Gasteiger partial charge on any atom is 0.335 e. The topological polar surface area (TPSA) is 110 Å². The van der Waals surface area contributed by atoms with Gasteiger partial charge in [-0.25, -0.2) is 14.8 Å². The Morgan fingerprint density at radius 2 is 2.00 bits per heavy atom. The van der Waals surface area contributed by atoms with Gasteiger partial charge in [0.2, 0.25) is 0 Å². The predicted octanol–water partition coefficient (Wildman–Crippen LogP) is 2.67. The number of hydrogen-bond donors (Lipinski definition) is 2. The summed E-state index contributed by atoms with van der Waals surface area (Å²) in [7, 11) is 1.82. The van der Waals surface area contributed by atoms with Gasteiger partial charge in [-0.3, -0.25) is 0 Å². The lowest BCUT2D eigenvalue weighted by Gasteiger charge is -2.19. The number of rotatable bonds is 5. The number of aliphatic hydroxyl groups excluding tert-OH is 1. The molecule has 0 saturated carbocycles. The van der Waals surface area contributed by atoms with Crippen molar-refractivity contribution >= 4 is 33.3 Å². The molecule has 3 rings (SSSR count). The first-order chi connectivity index (χ1) is 12.5. The zero-order valence-electron chi connectivity index (χ0n) is 14.2. The van der Waals surface area contributed by atoms with Gasteiger partial charge >= 0.3 is 5.97 Å². The van der Waals surface area contributed by atoms with E-state index in [2.05, 4.69) is 16.0 Å². The van der Waals surface area contributed by atoms with Crippen molar-refractivity contribution in [1.82, 2.24) is 9.97 Å². The Hall–Kier alpha value is -3.02. The van der Waals surface area contributed by atoms with Crippen LogP contribution in [-0.4, -0.2) is 46.3 Å². The molecule has 8 heteroatoms. The van der Waals surface area contributed by atoms with Gasteiger partial charge in [0.05, 0.1) is 17.6 Å². The lowest BCUT2D eigenvalue weighted by atomic mass is 10.1. The van der Waals surface area contributed by atoms with Crippen LogP contribution in [0.2, 0.25) is 0 Å². The van der Waals surface area contributed by atoms with Crippen LogP contribution in [0.15, 0.2) is 24.3 Å². The molecule has 26 heavy (non-hydrogen) atoms. The number of nitriles is 1. The zero-order chi connectivity index (χ0) is 18.8. The number of carboxylic acid groups (broad SMARTS) is 1. The maximum atomic E-state index is 11.0. The summed E-state index contributed by atoms with van der Waals surface area (Å²) < 4.78 is 0. The SMILES string of the molecule is Cc1c(C#N)sc2nc(-c3ccc(C(=O)O)cc3)nc(N(C)CCO)c12. The number of fused-ring (bicyclic) bond motifs is 1. The number of aromatic nitrogens is 2. The summed E-state index contributed by atoms with van der Waals surface area (Å²) in [6.45, 7) is 2.22. The molecular weight excluding hydrogens is 352 g/mol. The third kappa shape index (κ3) is 3.10. The summed E-state index contributed by atoms with van der Waals surface area (Å²) >= 11 is 1.29. The minimum atomic E-state index is -0.996. The number of carbonyl (C=O) groups is 1. The molecule has 0 saturated heterocycles. The van der Waals surface area contributed by atoms with E-state index >= 15 is 0 Å². The van der Waals surface area contributed by atoms with Crippen molar-refractivity contribution in [3.05, 3.63) is 40.3 Å². The molecule has 0 radical (unpaired) electrons. The molecule has 0 aliphatic carbocycles. The molecule has 3 aromatic rings. The number of thiophene rings is 1. The smallest absolute Gasteiger partial charge is 0.335 e. The third-order valence-electron chi connectivity index (χ3n) is 4.06. The predicted molar refractivity (Wildman–Crippen MR) is 99.6 cm³/mol. The second kappa shape index (κ2) is 7.07. The molecule has 7 nitrogen and oxygen atoms in total. The van der Waals surface area contributed by atoms with E-state index in [0.29, 0.717) is 33.5 Å². The molecular formula is C18H16N4O3S. The number of aryl methyl sites for hydroxylation is 1. The number of likely N-dealkylation sites (N-methyl/N-ethyl adjacent to an activating group) is 1. The van der Waals surface area contributed by atoms with Crippen LogP contribution in [0.1, 0.15) is 20.8 Å². The number of aromatic carboxylic acids is 1. The van der Waals surface area contributed by atoms with Crippen molar-refractivity contribution in [2.24, 2.45) is 0 Å². The van der Waals surface area contributed by atoms with Crippen LogP contribution in [0.4, 0.5) is 5.82 Å². The molecule has 0 fully saturated rings. The summed E-state index contributed by atoms with van der Waals surface area (Å²) in [5.41, 5.74) is 1.69. The Morgan fingerprint density at radius 3 is 2.58 bits per heavy atom. The Balaban J connectivity index is 2.21. The van der Waals surface area contributed by atoms with E-state index in [4.69, 9.17) is 5.11 Å². The Bertz CT molecular complexity index is 1020. The number of anilines is 1. The second-order valence-corrected chi connectivity index (χ2v) is 6.75. The highest BCUT2D eigenvalue weighted by Crippen LogP contribution is 2.36. The first kappa shape index (κ1) is 17.8. The second-order valence-electron chi connectivity index (χ2n) is 5.75. The largest absolute Gasteiger partial charge is 0.478 e. The van der Waals surface area contributed by atoms with Gasteiger partial charge in [0.25, 0.3) is 0 Å².